The van der Waals surface area contributed by atoms with Gasteiger partial charge in [-0.05, 0) is 68.4 Å². The van der Waals surface area contributed by atoms with Crippen LogP contribution in [0.3, 0.4) is 0 Å². The average molecular weight is 432 g/mol. The number of imidazole rings is 1. The largest absolute Gasteiger partial charge is 0.492 e. The number of ether oxygens (including phenoxy) is 1. The molecule has 0 bridgehead atoms. The van der Waals surface area contributed by atoms with Crippen molar-refractivity contribution in [3.63, 3.8) is 0 Å². The summed E-state index contributed by atoms with van der Waals surface area (Å²) in [5.41, 5.74) is 8.67. The Bertz CT molecular complexity index is 1220. The summed E-state index contributed by atoms with van der Waals surface area (Å²) in [5.74, 6) is 0.670. The van der Waals surface area contributed by atoms with Crippen molar-refractivity contribution < 1.29 is 9.53 Å². The number of hydrogen-bond acceptors (Lipinski definition) is 8. The smallest absolute Gasteiger partial charge is 0.281 e. The molecule has 0 saturated carbocycles. The van der Waals surface area contributed by atoms with Crippen LogP contribution in [0.2, 0.25) is 0 Å². The van der Waals surface area contributed by atoms with E-state index < -0.39 is 0 Å². The quantitative estimate of drug-likeness (QED) is 0.407. The second kappa shape index (κ2) is 8.67. The van der Waals surface area contributed by atoms with Crippen LogP contribution >= 0.6 is 0 Å². The number of nitrogens with zero attached hydrogens (tertiary/aromatic N) is 5. The molecule has 0 aliphatic carbocycles. The molecule has 0 amide bonds. The molecule has 5 rings (SSSR count). The van der Waals surface area contributed by atoms with Gasteiger partial charge in [0.05, 0.1) is 17.4 Å². The number of nitrogens with two attached hydrogens (primary N) is 1. The third-order valence-electron chi connectivity index (χ3n) is 5.48. The topological polar surface area (TPSA) is 127 Å². The van der Waals surface area contributed by atoms with Crippen molar-refractivity contribution in [2.24, 2.45) is 0 Å². The summed E-state index contributed by atoms with van der Waals surface area (Å²) in [6.45, 7) is 3.94. The van der Waals surface area contributed by atoms with Gasteiger partial charge in [-0.1, -0.05) is 0 Å². The van der Waals surface area contributed by atoms with Crippen molar-refractivity contribution in [2.75, 3.05) is 37.3 Å². The van der Waals surface area contributed by atoms with Crippen molar-refractivity contribution in [3.8, 4) is 5.75 Å². The Morgan fingerprint density at radius 2 is 1.97 bits per heavy atom. The minimum Gasteiger partial charge on any atom is -0.492 e. The Morgan fingerprint density at radius 3 is 2.78 bits per heavy atom. The van der Waals surface area contributed by atoms with Gasteiger partial charge in [0.25, 0.3) is 5.91 Å². The number of benzene rings is 2. The summed E-state index contributed by atoms with van der Waals surface area (Å²) >= 11 is 0. The number of nitrogen functional groups attached to an aromatic ring is 1. The van der Waals surface area contributed by atoms with E-state index in [2.05, 4.69) is 30.3 Å². The number of rotatable bonds is 7. The molecule has 10 heteroatoms. The molecular formula is C22H24N8O2. The average Bonchev–Trinajstić information content (AvgIpc) is 3.55. The summed E-state index contributed by atoms with van der Waals surface area (Å²) in [6.07, 6.45) is 4.13. The summed E-state index contributed by atoms with van der Waals surface area (Å²) in [7, 11) is 0. The van der Waals surface area contributed by atoms with Gasteiger partial charge in [0, 0.05) is 17.8 Å². The fraction of sp³-hybridized carbons (Fsp3) is 0.273. The van der Waals surface area contributed by atoms with Crippen LogP contribution in [0.25, 0.3) is 11.0 Å². The summed E-state index contributed by atoms with van der Waals surface area (Å²) in [6, 6.07) is 12.7. The Hall–Kier alpha value is -3.92. The molecule has 4 N–H and O–H groups in total. The zero-order chi connectivity index (χ0) is 21.9. The molecule has 0 spiro atoms. The van der Waals surface area contributed by atoms with E-state index in [0.717, 1.165) is 46.8 Å². The molecule has 1 aliphatic heterocycles. The number of H-pyrrole nitrogens is 1. The van der Waals surface area contributed by atoms with E-state index in [1.54, 1.807) is 24.5 Å². The highest BCUT2D eigenvalue weighted by Crippen LogP contribution is 2.20. The molecule has 2 aromatic carbocycles. The Labute approximate surface area is 184 Å². The van der Waals surface area contributed by atoms with E-state index in [4.69, 9.17) is 10.5 Å². The van der Waals surface area contributed by atoms with Crippen LogP contribution in [0.4, 0.5) is 17.6 Å². The van der Waals surface area contributed by atoms with Gasteiger partial charge in [0.2, 0.25) is 11.9 Å². The van der Waals surface area contributed by atoms with Crippen molar-refractivity contribution >= 4 is 34.5 Å². The second-order valence-electron chi connectivity index (χ2n) is 7.69. The first kappa shape index (κ1) is 20.0. The van der Waals surface area contributed by atoms with E-state index >= 15 is 0 Å². The van der Waals surface area contributed by atoms with Gasteiger partial charge in [0.1, 0.15) is 12.4 Å². The van der Waals surface area contributed by atoms with Crippen LogP contribution in [0.1, 0.15) is 23.2 Å². The normalized spacial score (nSPS) is 14.1. The minimum absolute atomic E-state index is 0.00377. The molecule has 164 valence electrons. The lowest BCUT2D eigenvalue weighted by Gasteiger charge is -2.15. The number of carbonyl (C=O) groups is 1. The van der Waals surface area contributed by atoms with Crippen molar-refractivity contribution in [1.82, 2.24) is 29.6 Å². The Morgan fingerprint density at radius 1 is 1.16 bits per heavy atom. The van der Waals surface area contributed by atoms with Gasteiger partial charge in [0.15, 0.2) is 0 Å². The number of aromatic amines is 1. The molecule has 0 atom stereocenters. The molecule has 32 heavy (non-hydrogen) atoms. The molecule has 1 fully saturated rings. The first-order valence-electron chi connectivity index (χ1n) is 10.6. The monoisotopic (exact) mass is 432 g/mol. The maximum Gasteiger partial charge on any atom is 0.281 e. The molecule has 1 aliphatic rings. The highest BCUT2D eigenvalue weighted by atomic mass is 16.5. The molecular weight excluding hydrogens is 408 g/mol. The van der Waals surface area contributed by atoms with Gasteiger partial charge >= 0.3 is 0 Å². The van der Waals surface area contributed by atoms with Crippen LogP contribution < -0.4 is 15.8 Å². The first-order valence-corrected chi connectivity index (χ1v) is 10.6. The van der Waals surface area contributed by atoms with Gasteiger partial charge in [-0.3, -0.25) is 9.69 Å². The number of hydrogen-bond donors (Lipinski definition) is 3. The zero-order valence-corrected chi connectivity index (χ0v) is 17.5. The van der Waals surface area contributed by atoms with Crippen molar-refractivity contribution in [3.05, 3.63) is 54.4 Å². The first-order chi connectivity index (χ1) is 15.7. The SMILES string of the molecule is Nc1nc(Nc2ccc(OCCN3CCCC3)cc2)nn1C(=O)c1ccc2nc[nH]c2c1. The fourth-order valence-electron chi connectivity index (χ4n) is 3.78. The van der Waals surface area contributed by atoms with Crippen LogP contribution in [0.5, 0.6) is 5.75 Å². The van der Waals surface area contributed by atoms with Crippen molar-refractivity contribution in [2.45, 2.75) is 12.8 Å². The van der Waals surface area contributed by atoms with Crippen LogP contribution in [-0.2, 0) is 0 Å². The third kappa shape index (κ3) is 4.26. The highest BCUT2D eigenvalue weighted by Gasteiger charge is 2.17. The van der Waals surface area contributed by atoms with Crippen LogP contribution in [0.15, 0.2) is 48.8 Å². The summed E-state index contributed by atoms with van der Waals surface area (Å²) in [5, 5.41) is 7.29. The minimum atomic E-state index is -0.374. The predicted octanol–water partition coefficient (Wildman–Crippen LogP) is 2.64. The van der Waals surface area contributed by atoms with Gasteiger partial charge in [-0.2, -0.15) is 9.67 Å². The zero-order valence-electron chi connectivity index (χ0n) is 17.5. The van der Waals surface area contributed by atoms with Gasteiger partial charge < -0.3 is 20.8 Å². The molecule has 2 aromatic heterocycles. The van der Waals surface area contributed by atoms with Gasteiger partial charge in [-0.25, -0.2) is 4.98 Å². The lowest BCUT2D eigenvalue weighted by atomic mass is 10.2. The predicted molar refractivity (Wildman–Crippen MR) is 121 cm³/mol. The summed E-state index contributed by atoms with van der Waals surface area (Å²) < 4.78 is 6.90. The van der Waals surface area contributed by atoms with E-state index in [1.807, 2.05) is 24.3 Å². The van der Waals surface area contributed by atoms with E-state index in [9.17, 15) is 4.79 Å². The Balaban J connectivity index is 1.22. The number of nitrogens with one attached hydrogen (secondary N) is 2. The van der Waals surface area contributed by atoms with Crippen LogP contribution in [0, 0.1) is 0 Å². The highest BCUT2D eigenvalue weighted by molar-refractivity contribution is 5.99. The lowest BCUT2D eigenvalue weighted by molar-refractivity contribution is 0.0948. The number of likely N-dealkylation sites (tertiary alicyclic amines) is 1. The Kier molecular flexibility index (Phi) is 5.42. The molecule has 0 radical (unpaired) electrons. The molecule has 4 aromatic rings. The molecule has 10 nitrogen and oxygen atoms in total. The molecule has 3 heterocycles. The number of anilines is 3. The molecule has 0 unspecified atom stereocenters. The van der Waals surface area contributed by atoms with E-state index in [0.29, 0.717) is 12.2 Å². The maximum absolute atomic E-state index is 12.8. The van der Waals surface area contributed by atoms with E-state index in [1.165, 1.54) is 12.8 Å². The lowest BCUT2D eigenvalue weighted by Crippen LogP contribution is -2.25. The van der Waals surface area contributed by atoms with Gasteiger partial charge in [-0.15, -0.1) is 5.10 Å². The number of fused-ring (bicyclic) bond motifs is 1. The standard InChI is InChI=1S/C22H24N8O2/c23-21-27-22(28-30(21)20(31)15-3-8-18-19(13-15)25-14-24-18)26-16-4-6-17(7-5-16)32-12-11-29-9-1-2-10-29/h3-8,13-14H,1-2,9-12H2,(H,24,25)(H3,23,26,27,28). The van der Waals surface area contributed by atoms with E-state index in [-0.39, 0.29) is 17.8 Å². The molecule has 1 saturated heterocycles. The third-order valence-corrected chi connectivity index (χ3v) is 5.48. The van der Waals surface area contributed by atoms with Crippen molar-refractivity contribution in [1.29, 1.82) is 0 Å². The number of carbonyl (C=O) groups excluding carboxylic acids is 1. The maximum atomic E-state index is 12.8. The second-order valence-corrected chi connectivity index (χ2v) is 7.69. The number of aromatic nitrogens is 5. The van der Waals surface area contributed by atoms with Crippen LogP contribution in [-0.4, -0.2) is 61.8 Å². The summed E-state index contributed by atoms with van der Waals surface area (Å²) in [4.78, 5) is 26.6. The fourth-order valence-corrected chi connectivity index (χ4v) is 3.78.